The van der Waals surface area contributed by atoms with Crippen molar-refractivity contribution in [1.82, 2.24) is 0 Å². The molecule has 0 aliphatic carbocycles. The Morgan fingerprint density at radius 1 is 1.35 bits per heavy atom. The fourth-order valence-corrected chi connectivity index (χ4v) is 1.95. The van der Waals surface area contributed by atoms with Crippen LogP contribution in [0.3, 0.4) is 0 Å². The van der Waals surface area contributed by atoms with E-state index in [0.29, 0.717) is 13.2 Å². The molecule has 0 aliphatic heterocycles. The molecule has 0 aliphatic rings. The van der Waals surface area contributed by atoms with Crippen molar-refractivity contribution < 1.29 is 9.15 Å². The Bertz CT molecular complexity index is 508. The number of ether oxygens (including phenoxy) is 1. The number of halogens is 1. The molecule has 3 nitrogen and oxygen atoms in total. The van der Waals surface area contributed by atoms with Crippen LogP contribution in [-0.2, 0) is 13.2 Å². The Labute approximate surface area is 109 Å². The summed E-state index contributed by atoms with van der Waals surface area (Å²) in [6, 6.07) is 9.69. The lowest BCUT2D eigenvalue weighted by molar-refractivity contribution is 0.301. The number of benzene rings is 1. The first-order chi connectivity index (χ1) is 8.20. The molecule has 0 amide bonds. The summed E-state index contributed by atoms with van der Waals surface area (Å²) in [5.41, 5.74) is 6.55. The highest BCUT2D eigenvalue weighted by Crippen LogP contribution is 2.25. The largest absolute Gasteiger partial charge is 0.488 e. The van der Waals surface area contributed by atoms with Crippen molar-refractivity contribution in [2.75, 3.05) is 0 Å². The van der Waals surface area contributed by atoms with Gasteiger partial charge in [-0.3, -0.25) is 0 Å². The van der Waals surface area contributed by atoms with Gasteiger partial charge >= 0.3 is 0 Å². The maximum atomic E-state index is 5.71. The van der Waals surface area contributed by atoms with Crippen LogP contribution in [0.15, 0.2) is 39.2 Å². The molecule has 1 aromatic heterocycles. The predicted molar refractivity (Wildman–Crippen MR) is 69.8 cm³/mol. The van der Waals surface area contributed by atoms with E-state index in [1.165, 1.54) is 0 Å². The molecule has 2 aromatic rings. The zero-order valence-electron chi connectivity index (χ0n) is 9.57. The van der Waals surface area contributed by atoms with Crippen LogP contribution in [0.2, 0.25) is 0 Å². The molecule has 0 saturated heterocycles. The van der Waals surface area contributed by atoms with Crippen molar-refractivity contribution in [2.45, 2.75) is 20.1 Å². The fourth-order valence-electron chi connectivity index (χ4n) is 1.55. The van der Waals surface area contributed by atoms with E-state index in [1.54, 1.807) is 0 Å². The highest BCUT2D eigenvalue weighted by molar-refractivity contribution is 9.10. The van der Waals surface area contributed by atoms with Gasteiger partial charge < -0.3 is 14.9 Å². The monoisotopic (exact) mass is 295 g/mol. The summed E-state index contributed by atoms with van der Waals surface area (Å²) in [4.78, 5) is 0. The summed E-state index contributed by atoms with van der Waals surface area (Å²) in [7, 11) is 0. The maximum absolute atomic E-state index is 5.71. The van der Waals surface area contributed by atoms with Gasteiger partial charge in [0.1, 0.15) is 23.9 Å². The average molecular weight is 296 g/mol. The van der Waals surface area contributed by atoms with Gasteiger partial charge in [0.15, 0.2) is 0 Å². The van der Waals surface area contributed by atoms with Crippen molar-refractivity contribution in [3.63, 3.8) is 0 Å². The van der Waals surface area contributed by atoms with E-state index in [0.717, 1.165) is 27.3 Å². The predicted octanol–water partition coefficient (Wildman–Crippen LogP) is 3.39. The standard InChI is InChI=1S/C13H14BrNO2/c1-9-10(6-11(7-15)17-9)8-16-13-5-3-2-4-12(13)14/h2-6H,7-8,15H2,1H3. The molecular weight excluding hydrogens is 282 g/mol. The van der Waals surface area contributed by atoms with E-state index in [1.807, 2.05) is 37.3 Å². The summed E-state index contributed by atoms with van der Waals surface area (Å²) in [6.07, 6.45) is 0. The quantitative estimate of drug-likeness (QED) is 0.940. The molecular formula is C13H14BrNO2. The molecule has 2 N–H and O–H groups in total. The molecule has 0 unspecified atom stereocenters. The first kappa shape index (κ1) is 12.2. The first-order valence-electron chi connectivity index (χ1n) is 5.36. The highest BCUT2D eigenvalue weighted by atomic mass is 79.9. The number of aryl methyl sites for hydroxylation is 1. The second-order valence-corrected chi connectivity index (χ2v) is 4.57. The number of para-hydroxylation sites is 1. The number of rotatable bonds is 4. The molecule has 0 radical (unpaired) electrons. The Kier molecular flexibility index (Phi) is 3.86. The van der Waals surface area contributed by atoms with Crippen LogP contribution in [0.25, 0.3) is 0 Å². The highest BCUT2D eigenvalue weighted by Gasteiger charge is 2.07. The van der Waals surface area contributed by atoms with Gasteiger partial charge in [-0.15, -0.1) is 0 Å². The molecule has 0 atom stereocenters. The number of furan rings is 1. The normalized spacial score (nSPS) is 10.5. The molecule has 17 heavy (non-hydrogen) atoms. The van der Waals surface area contributed by atoms with Gasteiger partial charge in [0.05, 0.1) is 11.0 Å². The van der Waals surface area contributed by atoms with Crippen LogP contribution in [0.1, 0.15) is 17.1 Å². The fraction of sp³-hybridized carbons (Fsp3) is 0.231. The van der Waals surface area contributed by atoms with Crippen LogP contribution in [0.4, 0.5) is 0 Å². The van der Waals surface area contributed by atoms with Crippen molar-refractivity contribution in [3.8, 4) is 5.75 Å². The second-order valence-electron chi connectivity index (χ2n) is 3.72. The van der Waals surface area contributed by atoms with Crippen LogP contribution >= 0.6 is 15.9 Å². The maximum Gasteiger partial charge on any atom is 0.133 e. The minimum absolute atomic E-state index is 0.413. The van der Waals surface area contributed by atoms with E-state index >= 15 is 0 Å². The van der Waals surface area contributed by atoms with Crippen molar-refractivity contribution in [3.05, 3.63) is 51.9 Å². The zero-order valence-corrected chi connectivity index (χ0v) is 11.2. The lowest BCUT2D eigenvalue weighted by Gasteiger charge is -2.06. The Balaban J connectivity index is 2.07. The molecule has 90 valence electrons. The molecule has 0 bridgehead atoms. The van der Waals surface area contributed by atoms with Crippen LogP contribution in [0, 0.1) is 6.92 Å². The molecule has 1 heterocycles. The summed E-state index contributed by atoms with van der Waals surface area (Å²) < 4.78 is 12.1. The van der Waals surface area contributed by atoms with Crippen molar-refractivity contribution in [2.24, 2.45) is 5.73 Å². The molecule has 4 heteroatoms. The zero-order chi connectivity index (χ0) is 12.3. The summed E-state index contributed by atoms with van der Waals surface area (Å²) in [6.45, 7) is 2.81. The molecule has 1 aromatic carbocycles. The van der Waals surface area contributed by atoms with Gasteiger partial charge in [-0.2, -0.15) is 0 Å². The Morgan fingerprint density at radius 2 is 2.12 bits per heavy atom. The summed E-state index contributed by atoms with van der Waals surface area (Å²) in [5, 5.41) is 0. The van der Waals surface area contributed by atoms with E-state index < -0.39 is 0 Å². The molecule has 0 fully saturated rings. The topological polar surface area (TPSA) is 48.4 Å². The number of hydrogen-bond acceptors (Lipinski definition) is 3. The van der Waals surface area contributed by atoms with Gasteiger partial charge in [-0.05, 0) is 41.1 Å². The van der Waals surface area contributed by atoms with Gasteiger partial charge in [0.25, 0.3) is 0 Å². The molecule has 0 saturated carbocycles. The Hall–Kier alpha value is -1.26. The minimum Gasteiger partial charge on any atom is -0.488 e. The third kappa shape index (κ3) is 2.90. The van der Waals surface area contributed by atoms with Gasteiger partial charge in [-0.1, -0.05) is 12.1 Å². The van der Waals surface area contributed by atoms with Crippen LogP contribution in [-0.4, -0.2) is 0 Å². The van der Waals surface area contributed by atoms with E-state index in [9.17, 15) is 0 Å². The van der Waals surface area contributed by atoms with Crippen molar-refractivity contribution >= 4 is 15.9 Å². The van der Waals surface area contributed by atoms with Crippen molar-refractivity contribution in [1.29, 1.82) is 0 Å². The number of nitrogens with two attached hydrogens (primary N) is 1. The Morgan fingerprint density at radius 3 is 2.76 bits per heavy atom. The third-order valence-corrected chi connectivity index (χ3v) is 3.15. The van der Waals surface area contributed by atoms with E-state index in [4.69, 9.17) is 14.9 Å². The average Bonchev–Trinajstić information content (AvgIpc) is 2.69. The van der Waals surface area contributed by atoms with E-state index in [2.05, 4.69) is 15.9 Å². The van der Waals surface area contributed by atoms with Gasteiger partial charge in [0, 0.05) is 5.56 Å². The summed E-state index contributed by atoms with van der Waals surface area (Å²) in [5.74, 6) is 2.47. The van der Waals surface area contributed by atoms with Crippen LogP contribution < -0.4 is 10.5 Å². The third-order valence-electron chi connectivity index (χ3n) is 2.49. The lowest BCUT2D eigenvalue weighted by atomic mass is 10.2. The summed E-state index contributed by atoms with van der Waals surface area (Å²) >= 11 is 3.44. The SMILES string of the molecule is Cc1oc(CN)cc1COc1ccccc1Br. The van der Waals surface area contributed by atoms with Crippen LogP contribution in [0.5, 0.6) is 5.75 Å². The second kappa shape index (κ2) is 5.38. The van der Waals surface area contributed by atoms with Gasteiger partial charge in [0.2, 0.25) is 0 Å². The smallest absolute Gasteiger partial charge is 0.133 e. The lowest BCUT2D eigenvalue weighted by Crippen LogP contribution is -1.96. The molecule has 2 rings (SSSR count). The minimum atomic E-state index is 0.413. The van der Waals surface area contributed by atoms with Gasteiger partial charge in [-0.25, -0.2) is 0 Å². The number of hydrogen-bond donors (Lipinski definition) is 1. The van der Waals surface area contributed by atoms with E-state index in [-0.39, 0.29) is 0 Å². The molecule has 0 spiro atoms. The first-order valence-corrected chi connectivity index (χ1v) is 6.15.